The Labute approximate surface area is 117 Å². The molecule has 2 rings (SSSR count). The summed E-state index contributed by atoms with van der Waals surface area (Å²) in [5.74, 6) is 1.40. The lowest BCUT2D eigenvalue weighted by atomic mass is 10.1. The second kappa shape index (κ2) is 6.04. The number of hydrogen-bond acceptors (Lipinski definition) is 4. The molecule has 102 valence electrons. The van der Waals surface area contributed by atoms with Gasteiger partial charge >= 0.3 is 0 Å². The van der Waals surface area contributed by atoms with Gasteiger partial charge in [0.25, 0.3) is 0 Å². The fourth-order valence-electron chi connectivity index (χ4n) is 1.66. The normalized spacial score (nSPS) is 12.4. The summed E-state index contributed by atoms with van der Waals surface area (Å²) in [5.41, 5.74) is 1.12. The predicted octanol–water partition coefficient (Wildman–Crippen LogP) is 2.33. The van der Waals surface area contributed by atoms with Crippen LogP contribution in [0, 0.1) is 0 Å². The minimum atomic E-state index is 0.255. The van der Waals surface area contributed by atoms with Gasteiger partial charge in [0.05, 0.1) is 5.02 Å². The predicted molar refractivity (Wildman–Crippen MR) is 74.3 cm³/mol. The summed E-state index contributed by atoms with van der Waals surface area (Å²) in [6.07, 6.45) is 1.50. The number of ether oxygens (including phenoxy) is 1. The largest absolute Gasteiger partial charge is 0.484 e. The van der Waals surface area contributed by atoms with Crippen molar-refractivity contribution < 1.29 is 4.74 Å². The second-order valence-corrected chi connectivity index (χ2v) is 4.70. The Hall–Kier alpha value is -1.59. The molecular formula is C13H17ClN4O. The zero-order valence-electron chi connectivity index (χ0n) is 11.2. The number of nitrogens with one attached hydrogen (secondary N) is 1. The molecule has 5 nitrogen and oxygen atoms in total. The molecule has 0 spiro atoms. The average molecular weight is 281 g/mol. The molecule has 0 saturated carbocycles. The van der Waals surface area contributed by atoms with E-state index in [-0.39, 0.29) is 6.04 Å². The smallest absolute Gasteiger partial charge is 0.164 e. The number of benzene rings is 1. The van der Waals surface area contributed by atoms with Crippen molar-refractivity contribution in [1.82, 2.24) is 20.1 Å². The molecule has 0 radical (unpaired) electrons. The Balaban J connectivity index is 2.07. The molecule has 0 saturated heterocycles. The van der Waals surface area contributed by atoms with E-state index in [1.54, 1.807) is 4.68 Å². The van der Waals surface area contributed by atoms with Gasteiger partial charge in [0.15, 0.2) is 5.82 Å². The lowest BCUT2D eigenvalue weighted by molar-refractivity contribution is 0.290. The van der Waals surface area contributed by atoms with E-state index in [9.17, 15) is 0 Å². The molecule has 2 aromatic rings. The van der Waals surface area contributed by atoms with Crippen LogP contribution in [0.2, 0.25) is 5.02 Å². The van der Waals surface area contributed by atoms with Crippen molar-refractivity contribution in [3.05, 3.63) is 40.9 Å². The molecule has 0 aliphatic rings. The van der Waals surface area contributed by atoms with Crippen LogP contribution in [0.15, 0.2) is 24.5 Å². The maximum absolute atomic E-state index is 6.21. The standard InChI is InChI=1S/C13H17ClN4O/c1-9(15-2)10-4-5-12(11(14)6-10)19-7-13-16-8-17-18(13)3/h4-6,8-9,15H,7H2,1-3H3. The fraction of sp³-hybridized carbons (Fsp3) is 0.385. The molecule has 6 heteroatoms. The van der Waals surface area contributed by atoms with Crippen LogP contribution < -0.4 is 10.1 Å². The van der Waals surface area contributed by atoms with Crippen LogP contribution in [0.1, 0.15) is 24.4 Å². The average Bonchev–Trinajstić information content (AvgIpc) is 2.82. The summed E-state index contributed by atoms with van der Waals surface area (Å²) in [4.78, 5) is 4.09. The highest BCUT2D eigenvalue weighted by Gasteiger charge is 2.08. The Morgan fingerprint density at radius 3 is 2.84 bits per heavy atom. The first kappa shape index (κ1) is 13.8. The highest BCUT2D eigenvalue weighted by Crippen LogP contribution is 2.28. The Morgan fingerprint density at radius 2 is 2.26 bits per heavy atom. The summed E-state index contributed by atoms with van der Waals surface area (Å²) in [6.45, 7) is 2.42. The summed E-state index contributed by atoms with van der Waals surface area (Å²) in [7, 11) is 3.74. The highest BCUT2D eigenvalue weighted by molar-refractivity contribution is 6.32. The van der Waals surface area contributed by atoms with Crippen LogP contribution in [-0.4, -0.2) is 21.8 Å². The minimum absolute atomic E-state index is 0.255. The van der Waals surface area contributed by atoms with Crippen molar-refractivity contribution in [3.8, 4) is 5.75 Å². The van der Waals surface area contributed by atoms with Gasteiger partial charge in [-0.05, 0) is 31.7 Å². The third-order valence-electron chi connectivity index (χ3n) is 3.05. The molecule has 1 heterocycles. The zero-order chi connectivity index (χ0) is 13.8. The first-order valence-electron chi connectivity index (χ1n) is 6.04. The van der Waals surface area contributed by atoms with E-state index in [1.807, 2.05) is 32.3 Å². The topological polar surface area (TPSA) is 52.0 Å². The van der Waals surface area contributed by atoms with Crippen molar-refractivity contribution in [2.75, 3.05) is 7.05 Å². The van der Waals surface area contributed by atoms with Crippen LogP contribution in [0.5, 0.6) is 5.75 Å². The SMILES string of the molecule is CNC(C)c1ccc(OCc2ncnn2C)c(Cl)c1. The van der Waals surface area contributed by atoms with Gasteiger partial charge in [0.2, 0.25) is 0 Å². The van der Waals surface area contributed by atoms with Crippen LogP contribution in [-0.2, 0) is 13.7 Å². The van der Waals surface area contributed by atoms with E-state index in [0.29, 0.717) is 17.4 Å². The molecule has 1 aromatic heterocycles. The summed E-state index contributed by atoms with van der Waals surface area (Å²) >= 11 is 6.21. The van der Waals surface area contributed by atoms with Crippen LogP contribution in [0.3, 0.4) is 0 Å². The van der Waals surface area contributed by atoms with Gasteiger partial charge in [0.1, 0.15) is 18.7 Å². The monoisotopic (exact) mass is 280 g/mol. The minimum Gasteiger partial charge on any atom is -0.484 e. The van der Waals surface area contributed by atoms with Crippen molar-refractivity contribution in [2.24, 2.45) is 7.05 Å². The van der Waals surface area contributed by atoms with E-state index in [4.69, 9.17) is 16.3 Å². The lowest BCUT2D eigenvalue weighted by Gasteiger charge is -2.13. The van der Waals surface area contributed by atoms with Crippen molar-refractivity contribution in [1.29, 1.82) is 0 Å². The molecule has 1 atom stereocenters. The van der Waals surface area contributed by atoms with Crippen LogP contribution >= 0.6 is 11.6 Å². The Kier molecular flexibility index (Phi) is 4.39. The Bertz CT molecular complexity index is 555. The van der Waals surface area contributed by atoms with E-state index >= 15 is 0 Å². The molecule has 1 unspecified atom stereocenters. The summed E-state index contributed by atoms with van der Waals surface area (Å²) in [5, 5.41) is 7.75. The van der Waals surface area contributed by atoms with Gasteiger partial charge in [-0.25, -0.2) is 4.98 Å². The summed E-state index contributed by atoms with van der Waals surface area (Å²) in [6, 6.07) is 6.04. The highest BCUT2D eigenvalue weighted by atomic mass is 35.5. The number of halogens is 1. The molecule has 1 N–H and O–H groups in total. The van der Waals surface area contributed by atoms with Gasteiger partial charge in [-0.1, -0.05) is 17.7 Å². The molecule has 0 aliphatic carbocycles. The molecule has 0 amide bonds. The number of nitrogens with zero attached hydrogens (tertiary/aromatic N) is 3. The van der Waals surface area contributed by atoms with Gasteiger partial charge in [0, 0.05) is 13.1 Å². The first-order valence-corrected chi connectivity index (χ1v) is 6.42. The molecule has 0 fully saturated rings. The van der Waals surface area contributed by atoms with Crippen LogP contribution in [0.4, 0.5) is 0 Å². The zero-order valence-corrected chi connectivity index (χ0v) is 12.0. The van der Waals surface area contributed by atoms with Gasteiger partial charge in [-0.3, -0.25) is 4.68 Å². The first-order chi connectivity index (χ1) is 9.11. The number of aromatic nitrogens is 3. The third-order valence-corrected chi connectivity index (χ3v) is 3.35. The maximum Gasteiger partial charge on any atom is 0.164 e. The molecule has 0 bridgehead atoms. The number of rotatable bonds is 5. The fourth-order valence-corrected chi connectivity index (χ4v) is 1.91. The molecule has 1 aromatic carbocycles. The van der Waals surface area contributed by atoms with Gasteiger partial charge < -0.3 is 10.1 Å². The number of aryl methyl sites for hydroxylation is 1. The van der Waals surface area contributed by atoms with Crippen molar-refractivity contribution in [2.45, 2.75) is 19.6 Å². The van der Waals surface area contributed by atoms with Crippen molar-refractivity contribution in [3.63, 3.8) is 0 Å². The van der Waals surface area contributed by atoms with E-state index in [0.717, 1.165) is 11.4 Å². The quantitative estimate of drug-likeness (QED) is 0.913. The number of hydrogen-bond donors (Lipinski definition) is 1. The lowest BCUT2D eigenvalue weighted by Crippen LogP contribution is -2.12. The van der Waals surface area contributed by atoms with Gasteiger partial charge in [-0.15, -0.1) is 0 Å². The molecule has 19 heavy (non-hydrogen) atoms. The van der Waals surface area contributed by atoms with Crippen molar-refractivity contribution >= 4 is 11.6 Å². The summed E-state index contributed by atoms with van der Waals surface area (Å²) < 4.78 is 7.33. The van der Waals surface area contributed by atoms with E-state index in [1.165, 1.54) is 6.33 Å². The van der Waals surface area contributed by atoms with E-state index in [2.05, 4.69) is 22.3 Å². The maximum atomic E-state index is 6.21. The Morgan fingerprint density at radius 1 is 1.47 bits per heavy atom. The molecule has 0 aliphatic heterocycles. The van der Waals surface area contributed by atoms with E-state index < -0.39 is 0 Å². The molecular weight excluding hydrogens is 264 g/mol. The van der Waals surface area contributed by atoms with Crippen LogP contribution in [0.25, 0.3) is 0 Å². The van der Waals surface area contributed by atoms with Gasteiger partial charge in [-0.2, -0.15) is 5.10 Å². The second-order valence-electron chi connectivity index (χ2n) is 4.29. The third kappa shape index (κ3) is 3.24.